The first-order chi connectivity index (χ1) is 14.6. The van der Waals surface area contributed by atoms with Crippen LogP contribution in [0.25, 0.3) is 0 Å². The highest BCUT2D eigenvalue weighted by atomic mass is 35.5. The van der Waals surface area contributed by atoms with Crippen molar-refractivity contribution in [2.75, 3.05) is 13.1 Å². The zero-order valence-electron chi connectivity index (χ0n) is 20.3. The molecule has 1 aliphatic carbocycles. The lowest BCUT2D eigenvalue weighted by Crippen LogP contribution is -2.57. The summed E-state index contributed by atoms with van der Waals surface area (Å²) < 4.78 is 0. The number of piperidine rings is 1. The fraction of sp³-hybridized carbons (Fsp3) is 0.769. The molecule has 2 rings (SSSR count). The number of likely N-dealkylation sites (tertiary alicyclic amines) is 1. The molecule has 1 fully saturated rings. The summed E-state index contributed by atoms with van der Waals surface area (Å²) in [5.41, 5.74) is 3.69. The standard InChI is InChI=1S/C26H45ClN2O2/c1-7-21(11-10-20(6)27)22-12-14-29(15-13-22)26(31)24(17(2)3)28-25(30)23-16-18(4)8-9-19(23)5/h7,11,17-18,20,22,24-26,28,30-31H,1,8-10,12-16H2,2-6H3/b21-11+/t18-,20-,24+,25?,26?/m0/s1. The lowest BCUT2D eigenvalue weighted by atomic mass is 9.84. The van der Waals surface area contributed by atoms with E-state index in [0.29, 0.717) is 11.8 Å². The van der Waals surface area contributed by atoms with Gasteiger partial charge in [-0.25, -0.2) is 0 Å². The minimum atomic E-state index is -0.685. The van der Waals surface area contributed by atoms with E-state index >= 15 is 0 Å². The first kappa shape index (κ1) is 26.6. The number of aliphatic hydroxyl groups excluding tert-OH is 2. The lowest BCUT2D eigenvalue weighted by molar-refractivity contribution is -0.0597. The number of halogens is 1. The Morgan fingerprint density at radius 3 is 2.42 bits per heavy atom. The van der Waals surface area contributed by atoms with Gasteiger partial charge in [0.15, 0.2) is 0 Å². The number of nitrogens with one attached hydrogen (secondary N) is 1. The second-order valence-corrected chi connectivity index (χ2v) is 10.9. The predicted octanol–water partition coefficient (Wildman–Crippen LogP) is 5.22. The highest BCUT2D eigenvalue weighted by molar-refractivity contribution is 6.20. The third kappa shape index (κ3) is 7.71. The van der Waals surface area contributed by atoms with E-state index in [0.717, 1.165) is 50.8 Å². The van der Waals surface area contributed by atoms with Crippen LogP contribution in [0, 0.1) is 17.8 Å². The first-order valence-corrected chi connectivity index (χ1v) is 12.6. The SMILES string of the molecule is C=C/C(=C\C[C@H](C)Cl)C1CCN(C(O)[C@H](NC(O)C2=C(C)CC[C@H](C)C2)C(C)C)CC1. The summed E-state index contributed by atoms with van der Waals surface area (Å²) >= 11 is 6.11. The molecular formula is C26H45ClN2O2. The van der Waals surface area contributed by atoms with Gasteiger partial charge in [-0.3, -0.25) is 10.2 Å². The van der Waals surface area contributed by atoms with E-state index in [1.54, 1.807) is 0 Å². The van der Waals surface area contributed by atoms with Crippen molar-refractivity contribution in [1.82, 2.24) is 10.2 Å². The van der Waals surface area contributed by atoms with Crippen molar-refractivity contribution in [3.8, 4) is 0 Å². The molecule has 1 heterocycles. The molecule has 0 aromatic rings. The molecule has 31 heavy (non-hydrogen) atoms. The lowest BCUT2D eigenvalue weighted by Gasteiger charge is -2.41. The molecule has 0 radical (unpaired) electrons. The summed E-state index contributed by atoms with van der Waals surface area (Å²) in [6.07, 6.45) is 8.93. The molecule has 0 saturated carbocycles. The molecule has 2 aliphatic rings. The van der Waals surface area contributed by atoms with Crippen molar-refractivity contribution in [3.05, 3.63) is 35.5 Å². The Labute approximate surface area is 195 Å². The van der Waals surface area contributed by atoms with Gasteiger partial charge in [-0.2, -0.15) is 0 Å². The molecule has 0 spiro atoms. The van der Waals surface area contributed by atoms with E-state index < -0.39 is 12.5 Å². The van der Waals surface area contributed by atoms with Crippen molar-refractivity contribution in [2.24, 2.45) is 17.8 Å². The largest absolute Gasteiger partial charge is 0.377 e. The van der Waals surface area contributed by atoms with Gasteiger partial charge in [0.05, 0.1) is 6.04 Å². The van der Waals surface area contributed by atoms with E-state index in [-0.39, 0.29) is 17.3 Å². The van der Waals surface area contributed by atoms with E-state index in [1.165, 1.54) is 17.6 Å². The van der Waals surface area contributed by atoms with Crippen LogP contribution in [0.5, 0.6) is 0 Å². The minimum absolute atomic E-state index is 0.132. The summed E-state index contributed by atoms with van der Waals surface area (Å²) in [7, 11) is 0. The second-order valence-electron chi connectivity index (χ2n) is 10.1. The van der Waals surface area contributed by atoms with E-state index in [4.69, 9.17) is 11.6 Å². The Kier molecular flexibility index (Phi) is 10.8. The summed E-state index contributed by atoms with van der Waals surface area (Å²) in [6.45, 7) is 16.3. The number of alkyl halides is 1. The quantitative estimate of drug-likeness (QED) is 0.184. The van der Waals surface area contributed by atoms with Crippen LogP contribution in [-0.4, -0.2) is 52.1 Å². The molecule has 5 heteroatoms. The van der Waals surface area contributed by atoms with Crippen LogP contribution in [0.15, 0.2) is 35.5 Å². The third-order valence-corrected chi connectivity index (χ3v) is 7.32. The Hall–Kier alpha value is -0.650. The molecule has 3 N–H and O–H groups in total. The van der Waals surface area contributed by atoms with Crippen LogP contribution in [0.1, 0.15) is 73.1 Å². The number of allylic oxidation sites excluding steroid dienone is 4. The number of hydrogen-bond acceptors (Lipinski definition) is 4. The van der Waals surface area contributed by atoms with Gasteiger partial charge < -0.3 is 10.2 Å². The normalized spacial score (nSPS) is 26.1. The third-order valence-electron chi connectivity index (χ3n) is 7.14. The minimum Gasteiger partial charge on any atom is -0.377 e. The van der Waals surface area contributed by atoms with E-state index in [9.17, 15) is 10.2 Å². The van der Waals surface area contributed by atoms with Gasteiger partial charge >= 0.3 is 0 Å². The van der Waals surface area contributed by atoms with Gasteiger partial charge in [0, 0.05) is 18.5 Å². The van der Waals surface area contributed by atoms with Crippen molar-refractivity contribution in [3.63, 3.8) is 0 Å². The van der Waals surface area contributed by atoms with Gasteiger partial charge in [-0.05, 0) is 81.3 Å². The van der Waals surface area contributed by atoms with Gasteiger partial charge in [-0.1, -0.05) is 45.1 Å². The number of rotatable bonds is 10. The maximum absolute atomic E-state index is 11.2. The van der Waals surface area contributed by atoms with Crippen LogP contribution in [0.4, 0.5) is 0 Å². The number of hydrogen-bond donors (Lipinski definition) is 3. The second kappa shape index (κ2) is 12.6. The Morgan fingerprint density at radius 2 is 1.87 bits per heavy atom. The van der Waals surface area contributed by atoms with Gasteiger partial charge in [0.25, 0.3) is 0 Å². The fourth-order valence-electron chi connectivity index (χ4n) is 4.97. The summed E-state index contributed by atoms with van der Waals surface area (Å²) in [6, 6.07) is -0.185. The number of aliphatic hydroxyl groups is 2. The van der Waals surface area contributed by atoms with Crippen LogP contribution < -0.4 is 5.32 Å². The average molecular weight is 453 g/mol. The fourth-order valence-corrected chi connectivity index (χ4v) is 5.05. The number of nitrogens with zero attached hydrogens (tertiary/aromatic N) is 1. The molecule has 0 aromatic heterocycles. The smallest absolute Gasteiger partial charge is 0.127 e. The van der Waals surface area contributed by atoms with Crippen LogP contribution in [0.2, 0.25) is 0 Å². The van der Waals surface area contributed by atoms with Crippen molar-refractivity contribution < 1.29 is 10.2 Å². The highest BCUT2D eigenvalue weighted by Crippen LogP contribution is 2.31. The van der Waals surface area contributed by atoms with E-state index in [1.807, 2.05) is 13.0 Å². The molecular weight excluding hydrogens is 408 g/mol. The molecule has 5 atom stereocenters. The topological polar surface area (TPSA) is 55.7 Å². The molecule has 1 saturated heterocycles. The summed E-state index contributed by atoms with van der Waals surface area (Å²) in [5, 5.41) is 25.7. The van der Waals surface area contributed by atoms with Gasteiger partial charge in [0.2, 0.25) is 0 Å². The van der Waals surface area contributed by atoms with Gasteiger partial charge in [-0.15, -0.1) is 11.6 Å². The molecule has 178 valence electrons. The maximum Gasteiger partial charge on any atom is 0.127 e. The van der Waals surface area contributed by atoms with Crippen LogP contribution in [-0.2, 0) is 0 Å². The van der Waals surface area contributed by atoms with Crippen molar-refractivity contribution >= 4 is 11.6 Å². The average Bonchev–Trinajstić information content (AvgIpc) is 2.73. The molecule has 2 unspecified atom stereocenters. The Bertz CT molecular complexity index is 635. The van der Waals surface area contributed by atoms with Crippen LogP contribution in [0.3, 0.4) is 0 Å². The zero-order valence-corrected chi connectivity index (χ0v) is 21.0. The summed E-state index contributed by atoms with van der Waals surface area (Å²) in [5.74, 6) is 1.28. The van der Waals surface area contributed by atoms with E-state index in [2.05, 4.69) is 50.6 Å². The van der Waals surface area contributed by atoms with Crippen molar-refractivity contribution in [1.29, 1.82) is 0 Å². The Balaban J connectivity index is 1.99. The monoisotopic (exact) mass is 452 g/mol. The zero-order chi connectivity index (χ0) is 23.1. The molecule has 0 aromatic carbocycles. The Morgan fingerprint density at radius 1 is 1.23 bits per heavy atom. The highest BCUT2D eigenvalue weighted by Gasteiger charge is 2.33. The first-order valence-electron chi connectivity index (χ1n) is 12.1. The molecule has 4 nitrogen and oxygen atoms in total. The molecule has 0 amide bonds. The molecule has 1 aliphatic heterocycles. The van der Waals surface area contributed by atoms with Crippen molar-refractivity contribution in [2.45, 2.75) is 97.0 Å². The molecule has 0 bridgehead atoms. The summed E-state index contributed by atoms with van der Waals surface area (Å²) in [4.78, 5) is 2.16. The maximum atomic E-state index is 11.2. The predicted molar refractivity (Wildman–Crippen MR) is 132 cm³/mol. The van der Waals surface area contributed by atoms with Gasteiger partial charge in [0.1, 0.15) is 12.5 Å². The van der Waals surface area contributed by atoms with Crippen LogP contribution >= 0.6 is 11.6 Å².